The molecular formula is C22H26ClN3O2. The Morgan fingerprint density at radius 3 is 2.32 bits per heavy atom. The highest BCUT2D eigenvalue weighted by atomic mass is 35.5. The number of rotatable bonds is 5. The zero-order chi connectivity index (χ0) is 20.1. The van der Waals surface area contributed by atoms with Crippen LogP contribution in [0.2, 0.25) is 5.02 Å². The fraction of sp³-hybridized carbons (Fsp3) is 0.364. The first-order valence-corrected chi connectivity index (χ1v) is 9.94. The fourth-order valence-corrected chi connectivity index (χ4v) is 3.51. The highest BCUT2D eigenvalue weighted by Gasteiger charge is 2.27. The minimum absolute atomic E-state index is 0.0537. The summed E-state index contributed by atoms with van der Waals surface area (Å²) in [4.78, 5) is 29.1. The molecule has 0 bridgehead atoms. The first-order valence-electron chi connectivity index (χ1n) is 9.57. The van der Waals surface area contributed by atoms with Crippen LogP contribution < -0.4 is 5.32 Å². The maximum absolute atomic E-state index is 12.6. The molecule has 1 aliphatic heterocycles. The van der Waals surface area contributed by atoms with Crippen LogP contribution in [-0.2, 0) is 16.0 Å². The Labute approximate surface area is 171 Å². The van der Waals surface area contributed by atoms with Gasteiger partial charge in [0.2, 0.25) is 11.8 Å². The molecule has 28 heavy (non-hydrogen) atoms. The number of anilines is 1. The van der Waals surface area contributed by atoms with Gasteiger partial charge in [-0.2, -0.15) is 0 Å². The van der Waals surface area contributed by atoms with Crippen LogP contribution in [-0.4, -0.2) is 53.8 Å². The Hall–Kier alpha value is -2.37. The Kier molecular flexibility index (Phi) is 6.70. The number of aryl methyl sites for hydroxylation is 1. The summed E-state index contributed by atoms with van der Waals surface area (Å²) in [5.74, 6) is 0.0919. The minimum Gasteiger partial charge on any atom is -0.340 e. The number of halogens is 1. The molecule has 6 heteroatoms. The topological polar surface area (TPSA) is 52.7 Å². The summed E-state index contributed by atoms with van der Waals surface area (Å²) < 4.78 is 0. The maximum Gasteiger partial charge on any atom is 0.241 e. The van der Waals surface area contributed by atoms with Gasteiger partial charge in [-0.3, -0.25) is 14.5 Å². The quantitative estimate of drug-likeness (QED) is 0.838. The van der Waals surface area contributed by atoms with Gasteiger partial charge in [-0.25, -0.2) is 0 Å². The molecule has 5 nitrogen and oxygen atoms in total. The number of carbonyl (C=O) groups excluding carboxylic acids is 2. The highest BCUT2D eigenvalue weighted by molar-refractivity contribution is 6.30. The predicted molar refractivity (Wildman–Crippen MR) is 113 cm³/mol. The number of nitrogens with one attached hydrogen (secondary N) is 1. The van der Waals surface area contributed by atoms with Gasteiger partial charge in [0.25, 0.3) is 0 Å². The molecule has 0 spiro atoms. The van der Waals surface area contributed by atoms with E-state index in [4.69, 9.17) is 11.6 Å². The van der Waals surface area contributed by atoms with Crippen molar-refractivity contribution in [3.63, 3.8) is 0 Å². The second kappa shape index (κ2) is 9.22. The summed E-state index contributed by atoms with van der Waals surface area (Å²) in [7, 11) is 0. The summed E-state index contributed by atoms with van der Waals surface area (Å²) in [5, 5.41) is 3.56. The van der Waals surface area contributed by atoms with E-state index in [0.29, 0.717) is 37.6 Å². The number of carbonyl (C=O) groups is 2. The van der Waals surface area contributed by atoms with Crippen LogP contribution in [0.3, 0.4) is 0 Å². The lowest BCUT2D eigenvalue weighted by molar-refractivity contribution is -0.133. The number of nitrogens with zero attached hydrogens (tertiary/aromatic N) is 2. The van der Waals surface area contributed by atoms with E-state index in [1.165, 1.54) is 0 Å². The number of benzene rings is 2. The lowest BCUT2D eigenvalue weighted by atomic mass is 10.1. The predicted octanol–water partition coefficient (Wildman–Crippen LogP) is 3.36. The van der Waals surface area contributed by atoms with E-state index in [0.717, 1.165) is 16.8 Å². The molecule has 0 saturated carbocycles. The Bertz CT molecular complexity index is 830. The zero-order valence-electron chi connectivity index (χ0n) is 16.3. The third-order valence-corrected chi connectivity index (χ3v) is 5.56. The summed E-state index contributed by atoms with van der Waals surface area (Å²) in [6.07, 6.45) is 0.430. The van der Waals surface area contributed by atoms with Crippen molar-refractivity contribution in [1.82, 2.24) is 9.80 Å². The van der Waals surface area contributed by atoms with Gasteiger partial charge < -0.3 is 10.2 Å². The third kappa shape index (κ3) is 5.12. The first-order chi connectivity index (χ1) is 13.4. The summed E-state index contributed by atoms with van der Waals surface area (Å²) >= 11 is 5.88. The van der Waals surface area contributed by atoms with E-state index < -0.39 is 0 Å². The normalized spacial score (nSPS) is 15.9. The fourth-order valence-electron chi connectivity index (χ4n) is 3.39. The monoisotopic (exact) mass is 399 g/mol. The van der Waals surface area contributed by atoms with Crippen molar-refractivity contribution < 1.29 is 9.59 Å². The molecule has 1 fully saturated rings. The van der Waals surface area contributed by atoms with Gasteiger partial charge in [0.1, 0.15) is 0 Å². The van der Waals surface area contributed by atoms with Gasteiger partial charge >= 0.3 is 0 Å². The Morgan fingerprint density at radius 2 is 1.68 bits per heavy atom. The van der Waals surface area contributed by atoms with E-state index in [1.807, 2.05) is 43.0 Å². The maximum atomic E-state index is 12.6. The average Bonchev–Trinajstić information content (AvgIpc) is 2.71. The van der Waals surface area contributed by atoms with Crippen LogP contribution in [0.25, 0.3) is 0 Å². The summed E-state index contributed by atoms with van der Waals surface area (Å²) in [6.45, 7) is 6.59. The van der Waals surface area contributed by atoms with Gasteiger partial charge in [-0.15, -0.1) is 0 Å². The van der Waals surface area contributed by atoms with Crippen molar-refractivity contribution in [3.05, 3.63) is 64.7 Å². The van der Waals surface area contributed by atoms with Crippen LogP contribution in [0, 0.1) is 6.92 Å². The molecule has 1 unspecified atom stereocenters. The second-order valence-corrected chi connectivity index (χ2v) is 7.63. The van der Waals surface area contributed by atoms with Gasteiger partial charge in [0, 0.05) is 36.9 Å². The van der Waals surface area contributed by atoms with Crippen LogP contribution >= 0.6 is 11.6 Å². The molecule has 1 saturated heterocycles. The molecule has 0 aliphatic carbocycles. The second-order valence-electron chi connectivity index (χ2n) is 7.19. The van der Waals surface area contributed by atoms with Crippen LogP contribution in [0.4, 0.5) is 5.69 Å². The molecule has 0 aromatic heterocycles. The van der Waals surface area contributed by atoms with Gasteiger partial charge in [0.05, 0.1) is 12.5 Å². The van der Waals surface area contributed by atoms with E-state index in [9.17, 15) is 9.59 Å². The van der Waals surface area contributed by atoms with Crippen molar-refractivity contribution in [1.29, 1.82) is 0 Å². The zero-order valence-corrected chi connectivity index (χ0v) is 17.1. The van der Waals surface area contributed by atoms with E-state index in [1.54, 1.807) is 24.3 Å². The first kappa shape index (κ1) is 20.4. The highest BCUT2D eigenvalue weighted by Crippen LogP contribution is 2.16. The van der Waals surface area contributed by atoms with Crippen molar-refractivity contribution in [2.45, 2.75) is 26.3 Å². The van der Waals surface area contributed by atoms with Gasteiger partial charge in [-0.1, -0.05) is 35.9 Å². The third-order valence-electron chi connectivity index (χ3n) is 5.31. The number of piperazine rings is 1. The van der Waals surface area contributed by atoms with E-state index >= 15 is 0 Å². The van der Waals surface area contributed by atoms with Crippen LogP contribution in [0.1, 0.15) is 18.1 Å². The Balaban J connectivity index is 1.50. The summed E-state index contributed by atoms with van der Waals surface area (Å²) in [5.41, 5.74) is 2.95. The SMILES string of the molecule is Cc1ccccc1CC(=O)N1CCN(C(C)C(=O)Nc2ccc(Cl)cc2)CC1. The number of hydrogen-bond acceptors (Lipinski definition) is 3. The molecule has 148 valence electrons. The molecule has 2 aromatic rings. The molecule has 0 radical (unpaired) electrons. The van der Waals surface area contributed by atoms with E-state index in [2.05, 4.69) is 10.2 Å². The van der Waals surface area contributed by atoms with Crippen LogP contribution in [0.5, 0.6) is 0 Å². The van der Waals surface area contributed by atoms with Gasteiger partial charge in [-0.05, 0) is 49.2 Å². The smallest absolute Gasteiger partial charge is 0.241 e. The Morgan fingerprint density at radius 1 is 1.04 bits per heavy atom. The van der Waals surface area contributed by atoms with Crippen LogP contribution in [0.15, 0.2) is 48.5 Å². The minimum atomic E-state index is -0.260. The van der Waals surface area contributed by atoms with Crippen molar-refractivity contribution >= 4 is 29.1 Å². The van der Waals surface area contributed by atoms with Crippen molar-refractivity contribution in [3.8, 4) is 0 Å². The molecule has 1 heterocycles. The molecule has 1 aliphatic rings. The molecule has 1 N–H and O–H groups in total. The average molecular weight is 400 g/mol. The largest absolute Gasteiger partial charge is 0.340 e. The lowest BCUT2D eigenvalue weighted by Gasteiger charge is -2.37. The molecule has 3 rings (SSSR count). The number of amides is 2. The van der Waals surface area contributed by atoms with E-state index in [-0.39, 0.29) is 17.9 Å². The summed E-state index contributed by atoms with van der Waals surface area (Å²) in [6, 6.07) is 14.8. The van der Waals surface area contributed by atoms with Crippen molar-refractivity contribution in [2.24, 2.45) is 0 Å². The molecular weight excluding hydrogens is 374 g/mol. The van der Waals surface area contributed by atoms with Gasteiger partial charge in [0.15, 0.2) is 0 Å². The van der Waals surface area contributed by atoms with Crippen molar-refractivity contribution in [2.75, 3.05) is 31.5 Å². The standard InChI is InChI=1S/C22H26ClN3O2/c1-16-5-3-4-6-18(16)15-21(27)26-13-11-25(12-14-26)17(2)22(28)24-20-9-7-19(23)8-10-20/h3-10,17H,11-15H2,1-2H3,(H,24,28). The molecule has 2 aromatic carbocycles. The molecule has 1 atom stereocenters. The molecule has 2 amide bonds. The number of hydrogen-bond donors (Lipinski definition) is 1. The lowest BCUT2D eigenvalue weighted by Crippen LogP contribution is -2.54.